The summed E-state index contributed by atoms with van der Waals surface area (Å²) in [4.78, 5) is 38.0. The number of amides is 2. The van der Waals surface area contributed by atoms with Crippen molar-refractivity contribution in [1.82, 2.24) is 4.31 Å². The van der Waals surface area contributed by atoms with E-state index in [0.29, 0.717) is 13.0 Å². The number of anilines is 1. The van der Waals surface area contributed by atoms with Gasteiger partial charge >= 0.3 is 5.97 Å². The number of ether oxygens (including phenoxy) is 2. The van der Waals surface area contributed by atoms with Crippen molar-refractivity contribution in [3.05, 3.63) is 54.3 Å². The predicted octanol–water partition coefficient (Wildman–Crippen LogP) is 2.25. The van der Waals surface area contributed by atoms with Gasteiger partial charge in [0, 0.05) is 20.1 Å². The van der Waals surface area contributed by atoms with Crippen molar-refractivity contribution < 1.29 is 36.7 Å². The molecule has 0 bridgehead atoms. The monoisotopic (exact) mass is 490 g/mol. The van der Waals surface area contributed by atoms with Crippen LogP contribution in [0.5, 0.6) is 5.75 Å². The largest absolute Gasteiger partial charge is 0.427 e. The van der Waals surface area contributed by atoms with Crippen molar-refractivity contribution in [2.75, 3.05) is 18.1 Å². The number of carbonyl (C=O) groups is 3. The lowest BCUT2D eigenvalue weighted by Crippen LogP contribution is -2.48. The molecule has 2 aromatic rings. The number of nitrogens with zero attached hydrogens (tertiary/aromatic N) is 2. The van der Waals surface area contributed by atoms with Gasteiger partial charge in [-0.3, -0.25) is 14.4 Å². The number of benzene rings is 2. The van der Waals surface area contributed by atoms with Crippen LogP contribution < -0.4 is 9.64 Å². The highest BCUT2D eigenvalue weighted by atomic mass is 32.2. The van der Waals surface area contributed by atoms with Gasteiger partial charge in [-0.2, -0.15) is 4.31 Å². The normalized spacial score (nSPS) is 20.9. The number of carbonyl (C=O) groups excluding carboxylic acids is 3. The van der Waals surface area contributed by atoms with Gasteiger partial charge in [0.15, 0.2) is 0 Å². The highest BCUT2D eigenvalue weighted by molar-refractivity contribution is 7.89. The lowest BCUT2D eigenvalue weighted by molar-refractivity contribution is -0.132. The summed E-state index contributed by atoms with van der Waals surface area (Å²) in [6.45, 7) is 1.62. The number of halogens is 1. The summed E-state index contributed by atoms with van der Waals surface area (Å²) in [5, 5.41) is 0. The molecular weight excluding hydrogens is 467 g/mol. The summed E-state index contributed by atoms with van der Waals surface area (Å²) in [6.07, 6.45) is 0.603. The van der Waals surface area contributed by atoms with E-state index in [2.05, 4.69) is 0 Å². The molecule has 0 N–H and O–H groups in total. The van der Waals surface area contributed by atoms with Gasteiger partial charge in [0.2, 0.25) is 15.9 Å². The Morgan fingerprint density at radius 3 is 2.41 bits per heavy atom. The summed E-state index contributed by atoms with van der Waals surface area (Å²) in [5.41, 5.74) is 0.227. The van der Waals surface area contributed by atoms with Gasteiger partial charge in [-0.25, -0.2) is 17.7 Å². The number of imide groups is 1. The zero-order valence-electron chi connectivity index (χ0n) is 18.3. The predicted molar refractivity (Wildman–Crippen MR) is 118 cm³/mol. The number of rotatable bonds is 7. The molecular formula is C23H23FN2O7S. The van der Waals surface area contributed by atoms with Crippen molar-refractivity contribution in [2.45, 2.75) is 43.2 Å². The fourth-order valence-electron chi connectivity index (χ4n) is 4.07. The van der Waals surface area contributed by atoms with E-state index in [9.17, 15) is 27.2 Å². The minimum absolute atomic E-state index is 0.109. The molecule has 2 unspecified atom stereocenters. The number of esters is 1. The minimum atomic E-state index is -4.24. The van der Waals surface area contributed by atoms with Gasteiger partial charge < -0.3 is 9.47 Å². The van der Waals surface area contributed by atoms with Crippen LogP contribution in [0.15, 0.2) is 53.4 Å². The standard InChI is InChI=1S/C23H23FN2O7S/c1-15(27)33-18-8-6-17(7-9-18)26-22(28)13-21(23(26)29)25(14-19-3-2-12-32-19)34(30,31)20-10-4-16(24)5-11-20/h4-11,19,21H,2-3,12-14H2,1H3. The molecule has 0 aliphatic carbocycles. The van der Waals surface area contributed by atoms with Crippen LogP contribution in [-0.2, 0) is 29.1 Å². The summed E-state index contributed by atoms with van der Waals surface area (Å²) in [7, 11) is -4.24. The van der Waals surface area contributed by atoms with Gasteiger partial charge in [0.05, 0.1) is 23.1 Å². The van der Waals surface area contributed by atoms with Crippen LogP contribution >= 0.6 is 0 Å². The third kappa shape index (κ3) is 4.86. The lowest BCUT2D eigenvalue weighted by Gasteiger charge is -2.29. The summed E-state index contributed by atoms with van der Waals surface area (Å²) >= 11 is 0. The summed E-state index contributed by atoms with van der Waals surface area (Å²) < 4.78 is 51.9. The zero-order valence-corrected chi connectivity index (χ0v) is 19.2. The van der Waals surface area contributed by atoms with Crippen molar-refractivity contribution in [3.8, 4) is 5.75 Å². The molecule has 2 fully saturated rings. The molecule has 2 atom stereocenters. The smallest absolute Gasteiger partial charge is 0.308 e. The molecule has 4 rings (SSSR count). The Morgan fingerprint density at radius 2 is 1.82 bits per heavy atom. The topological polar surface area (TPSA) is 110 Å². The van der Waals surface area contributed by atoms with E-state index in [1.807, 2.05) is 0 Å². The molecule has 2 aliphatic rings. The first-order valence-corrected chi connectivity index (χ1v) is 12.1. The fraction of sp³-hybridized carbons (Fsp3) is 0.348. The third-order valence-electron chi connectivity index (χ3n) is 5.65. The molecule has 2 saturated heterocycles. The molecule has 0 spiro atoms. The SMILES string of the molecule is CC(=O)Oc1ccc(N2C(=O)CC(N(CC3CCCO3)S(=O)(=O)c3ccc(F)cc3)C2=O)cc1. The average molecular weight is 491 g/mol. The molecule has 2 heterocycles. The van der Waals surface area contributed by atoms with Crippen LogP contribution in [0.25, 0.3) is 0 Å². The van der Waals surface area contributed by atoms with E-state index in [0.717, 1.165) is 39.9 Å². The molecule has 0 aromatic heterocycles. The van der Waals surface area contributed by atoms with E-state index in [1.165, 1.54) is 31.2 Å². The van der Waals surface area contributed by atoms with Crippen LogP contribution in [0.2, 0.25) is 0 Å². The average Bonchev–Trinajstić information content (AvgIpc) is 3.40. The van der Waals surface area contributed by atoms with Crippen molar-refractivity contribution >= 4 is 33.5 Å². The molecule has 2 amide bonds. The number of hydrogen-bond donors (Lipinski definition) is 0. The Balaban J connectivity index is 1.65. The van der Waals surface area contributed by atoms with Gasteiger partial charge in [0.25, 0.3) is 5.91 Å². The summed E-state index contributed by atoms with van der Waals surface area (Å²) in [5.74, 6) is -2.14. The maximum Gasteiger partial charge on any atom is 0.308 e. The molecule has 34 heavy (non-hydrogen) atoms. The van der Waals surface area contributed by atoms with Crippen molar-refractivity contribution in [3.63, 3.8) is 0 Å². The Kier molecular flexibility index (Phi) is 6.78. The first-order valence-electron chi connectivity index (χ1n) is 10.7. The van der Waals surface area contributed by atoms with E-state index < -0.39 is 45.8 Å². The Morgan fingerprint density at radius 1 is 1.15 bits per heavy atom. The maximum absolute atomic E-state index is 13.5. The zero-order chi connectivity index (χ0) is 24.5. The molecule has 0 saturated carbocycles. The second kappa shape index (κ2) is 9.61. The molecule has 9 nitrogen and oxygen atoms in total. The van der Waals surface area contributed by atoms with E-state index in [-0.39, 0.29) is 29.3 Å². The molecule has 0 radical (unpaired) electrons. The Hall–Kier alpha value is -3.15. The van der Waals surface area contributed by atoms with Crippen LogP contribution in [0.1, 0.15) is 26.2 Å². The first kappa shape index (κ1) is 24.0. The first-order chi connectivity index (χ1) is 16.2. The second-order valence-electron chi connectivity index (χ2n) is 8.04. The van der Waals surface area contributed by atoms with Crippen LogP contribution in [0.4, 0.5) is 10.1 Å². The maximum atomic E-state index is 13.5. The highest BCUT2D eigenvalue weighted by Crippen LogP contribution is 2.31. The quantitative estimate of drug-likeness (QED) is 0.333. The fourth-order valence-corrected chi connectivity index (χ4v) is 5.68. The lowest BCUT2D eigenvalue weighted by atomic mass is 10.2. The van der Waals surface area contributed by atoms with Crippen LogP contribution in [0, 0.1) is 5.82 Å². The van der Waals surface area contributed by atoms with E-state index in [4.69, 9.17) is 9.47 Å². The van der Waals surface area contributed by atoms with E-state index in [1.54, 1.807) is 0 Å². The minimum Gasteiger partial charge on any atom is -0.427 e. The highest BCUT2D eigenvalue weighted by Gasteiger charge is 2.47. The molecule has 2 aliphatic heterocycles. The number of sulfonamides is 1. The second-order valence-corrected chi connectivity index (χ2v) is 9.93. The van der Waals surface area contributed by atoms with Crippen LogP contribution in [-0.4, -0.2) is 55.8 Å². The third-order valence-corrected chi connectivity index (χ3v) is 7.54. The van der Waals surface area contributed by atoms with Crippen LogP contribution in [0.3, 0.4) is 0 Å². The molecule has 180 valence electrons. The van der Waals surface area contributed by atoms with Gasteiger partial charge in [0.1, 0.15) is 17.6 Å². The molecule has 2 aromatic carbocycles. The Bertz CT molecular complexity index is 1190. The molecule has 11 heteroatoms. The van der Waals surface area contributed by atoms with E-state index >= 15 is 0 Å². The summed E-state index contributed by atoms with van der Waals surface area (Å²) in [6, 6.07) is 8.77. The Labute approximate surface area is 196 Å². The van der Waals surface area contributed by atoms with Crippen molar-refractivity contribution in [1.29, 1.82) is 0 Å². The van der Waals surface area contributed by atoms with Gasteiger partial charge in [-0.15, -0.1) is 0 Å². The van der Waals surface area contributed by atoms with Gasteiger partial charge in [-0.05, 0) is 61.4 Å². The number of hydrogen-bond acceptors (Lipinski definition) is 7. The van der Waals surface area contributed by atoms with Gasteiger partial charge in [-0.1, -0.05) is 0 Å². The van der Waals surface area contributed by atoms with Crippen molar-refractivity contribution in [2.24, 2.45) is 0 Å².